The number of hydrogen-bond acceptors (Lipinski definition) is 5. The molecule has 2 aromatic carbocycles. The first kappa shape index (κ1) is 24.0. The minimum Gasteiger partial charge on any atom is -0.373 e. The predicted molar refractivity (Wildman–Crippen MR) is 120 cm³/mol. The van der Waals surface area contributed by atoms with Crippen molar-refractivity contribution in [3.63, 3.8) is 0 Å². The van der Waals surface area contributed by atoms with Gasteiger partial charge in [0.1, 0.15) is 10.6 Å². The summed E-state index contributed by atoms with van der Waals surface area (Å²) in [5.41, 5.74) is -3.81. The number of rotatable bonds is 4. The van der Waals surface area contributed by atoms with Crippen LogP contribution in [-0.2, 0) is 10.4 Å². The standard InChI is InChI=1S/C21H13Cl3F3N3O2S/c22-12-5-11(6-13(23)7-12)20(21(25,26)27)9-17(30-32-20)33-14-1-2-16(24)15(8-14)18(31)29-19(10-28)3-4-19/h1-2,5-8H,3-4,9H2,(H,29,31). The molecule has 172 valence electrons. The Morgan fingerprint density at radius 2 is 1.82 bits per heavy atom. The molecule has 33 heavy (non-hydrogen) atoms. The van der Waals surface area contributed by atoms with E-state index >= 15 is 0 Å². The van der Waals surface area contributed by atoms with Crippen molar-refractivity contribution < 1.29 is 22.8 Å². The summed E-state index contributed by atoms with van der Waals surface area (Å²) >= 11 is 18.9. The molecule has 0 radical (unpaired) electrons. The summed E-state index contributed by atoms with van der Waals surface area (Å²) in [7, 11) is 0. The van der Waals surface area contributed by atoms with Crippen molar-refractivity contribution in [2.45, 2.75) is 41.5 Å². The van der Waals surface area contributed by atoms with Gasteiger partial charge < -0.3 is 10.2 Å². The third-order valence-corrected chi connectivity index (χ3v) is 6.94. The zero-order valence-electron chi connectivity index (χ0n) is 16.5. The second-order valence-electron chi connectivity index (χ2n) is 7.63. The molecule has 1 atom stereocenters. The first-order chi connectivity index (χ1) is 15.5. The number of halogens is 6. The molecule has 12 heteroatoms. The molecule has 0 saturated heterocycles. The molecule has 1 aliphatic carbocycles. The number of alkyl halides is 3. The topological polar surface area (TPSA) is 74.5 Å². The van der Waals surface area contributed by atoms with Gasteiger partial charge in [0.2, 0.25) is 0 Å². The van der Waals surface area contributed by atoms with E-state index in [9.17, 15) is 18.0 Å². The highest BCUT2D eigenvalue weighted by Gasteiger charge is 2.62. The SMILES string of the molecule is N#CC1(NC(=O)c2cc(SC3=NOC(c4cc(Cl)cc(Cl)c4)(C(F)(F)F)C3)ccc2Cl)CC1. The minimum atomic E-state index is -4.81. The third kappa shape index (κ3) is 4.76. The van der Waals surface area contributed by atoms with Gasteiger partial charge in [0.25, 0.3) is 11.5 Å². The van der Waals surface area contributed by atoms with E-state index in [1.807, 2.05) is 0 Å². The van der Waals surface area contributed by atoms with Crippen LogP contribution in [0.2, 0.25) is 15.1 Å². The number of nitrogens with zero attached hydrogens (tertiary/aromatic N) is 2. The Morgan fingerprint density at radius 3 is 2.39 bits per heavy atom. The monoisotopic (exact) mass is 533 g/mol. The first-order valence-corrected chi connectivity index (χ1v) is 11.4. The molecule has 1 unspecified atom stereocenters. The molecule has 0 bridgehead atoms. The molecule has 2 aliphatic rings. The maximum absolute atomic E-state index is 14.1. The lowest BCUT2D eigenvalue weighted by Gasteiger charge is -2.29. The van der Waals surface area contributed by atoms with E-state index in [-0.39, 0.29) is 31.2 Å². The number of benzene rings is 2. The molecule has 5 nitrogen and oxygen atoms in total. The average molecular weight is 535 g/mol. The van der Waals surface area contributed by atoms with Gasteiger partial charge in [-0.3, -0.25) is 4.79 Å². The molecule has 0 spiro atoms. The Balaban J connectivity index is 1.57. The van der Waals surface area contributed by atoms with Gasteiger partial charge in [0.15, 0.2) is 0 Å². The molecule has 1 amide bonds. The van der Waals surface area contributed by atoms with Crippen molar-refractivity contribution in [3.05, 3.63) is 62.6 Å². The molecular weight excluding hydrogens is 522 g/mol. The Morgan fingerprint density at radius 1 is 1.15 bits per heavy atom. The lowest BCUT2D eigenvalue weighted by Crippen LogP contribution is -2.42. The average Bonchev–Trinajstić information content (AvgIpc) is 3.36. The number of carbonyl (C=O) groups is 1. The molecular formula is C21H13Cl3F3N3O2S. The van der Waals surface area contributed by atoms with Crippen LogP contribution in [0.4, 0.5) is 13.2 Å². The maximum Gasteiger partial charge on any atom is 0.435 e. The zero-order chi connectivity index (χ0) is 24.0. The van der Waals surface area contributed by atoms with E-state index in [1.54, 1.807) is 6.07 Å². The van der Waals surface area contributed by atoms with Crippen molar-refractivity contribution in [2.75, 3.05) is 0 Å². The number of carbonyl (C=O) groups excluding carboxylic acids is 1. The molecule has 1 heterocycles. The summed E-state index contributed by atoms with van der Waals surface area (Å²) in [6.45, 7) is 0. The van der Waals surface area contributed by atoms with Crippen molar-refractivity contribution in [2.24, 2.45) is 5.16 Å². The van der Waals surface area contributed by atoms with Gasteiger partial charge in [0.05, 0.1) is 23.1 Å². The normalized spacial score (nSPS) is 21.1. The van der Waals surface area contributed by atoms with Crippen LogP contribution in [0.5, 0.6) is 0 Å². The fourth-order valence-electron chi connectivity index (χ4n) is 3.27. The summed E-state index contributed by atoms with van der Waals surface area (Å²) in [6.07, 6.45) is -4.34. The molecule has 1 N–H and O–H groups in total. The molecule has 1 fully saturated rings. The highest BCUT2D eigenvalue weighted by Crippen LogP contribution is 2.51. The summed E-state index contributed by atoms with van der Waals surface area (Å²) in [4.78, 5) is 18.0. The Hall–Kier alpha value is -2.12. The van der Waals surface area contributed by atoms with E-state index in [0.29, 0.717) is 17.7 Å². The predicted octanol–water partition coefficient (Wildman–Crippen LogP) is 6.72. The quantitative estimate of drug-likeness (QED) is 0.473. The Bertz CT molecular complexity index is 1190. The lowest BCUT2D eigenvalue weighted by molar-refractivity contribution is -0.275. The van der Waals surface area contributed by atoms with Gasteiger partial charge in [-0.1, -0.05) is 51.7 Å². The fourth-order valence-corrected chi connectivity index (χ4v) is 4.94. The second kappa shape index (κ2) is 8.58. The van der Waals surface area contributed by atoms with E-state index in [4.69, 9.17) is 44.9 Å². The summed E-state index contributed by atoms with van der Waals surface area (Å²) in [5, 5.41) is 15.7. The van der Waals surface area contributed by atoms with Crippen LogP contribution < -0.4 is 5.32 Å². The highest BCUT2D eigenvalue weighted by molar-refractivity contribution is 8.14. The minimum absolute atomic E-state index is 0.0324. The van der Waals surface area contributed by atoms with Crippen LogP contribution in [0.3, 0.4) is 0 Å². The number of nitrogens with one attached hydrogen (secondary N) is 1. The van der Waals surface area contributed by atoms with Crippen LogP contribution in [0, 0.1) is 11.3 Å². The summed E-state index contributed by atoms with van der Waals surface area (Å²) < 4.78 is 42.3. The molecule has 0 aromatic heterocycles. The number of nitriles is 1. The van der Waals surface area contributed by atoms with Crippen molar-refractivity contribution in [1.82, 2.24) is 5.32 Å². The van der Waals surface area contributed by atoms with Gasteiger partial charge in [-0.2, -0.15) is 18.4 Å². The summed E-state index contributed by atoms with van der Waals surface area (Å²) in [5.74, 6) is -0.538. The van der Waals surface area contributed by atoms with E-state index in [2.05, 4.69) is 16.5 Å². The Labute approximate surface area is 205 Å². The lowest BCUT2D eigenvalue weighted by atomic mass is 9.90. The molecule has 4 rings (SSSR count). The number of hydrogen-bond donors (Lipinski definition) is 1. The van der Waals surface area contributed by atoms with Crippen LogP contribution in [0.1, 0.15) is 35.2 Å². The largest absolute Gasteiger partial charge is 0.435 e. The van der Waals surface area contributed by atoms with E-state index < -0.39 is 29.6 Å². The van der Waals surface area contributed by atoms with E-state index in [1.165, 1.54) is 18.2 Å². The van der Waals surface area contributed by atoms with Crippen LogP contribution in [0.15, 0.2) is 46.4 Å². The number of oxime groups is 1. The van der Waals surface area contributed by atoms with E-state index in [0.717, 1.165) is 23.9 Å². The van der Waals surface area contributed by atoms with Gasteiger partial charge in [0, 0.05) is 20.5 Å². The Kier molecular flexibility index (Phi) is 6.25. The number of thioether (sulfide) groups is 1. The van der Waals surface area contributed by atoms with Gasteiger partial charge >= 0.3 is 6.18 Å². The molecule has 1 saturated carbocycles. The van der Waals surface area contributed by atoms with Crippen LogP contribution in [-0.4, -0.2) is 22.7 Å². The summed E-state index contributed by atoms with van der Waals surface area (Å²) in [6, 6.07) is 10.1. The van der Waals surface area contributed by atoms with Crippen LogP contribution in [0.25, 0.3) is 0 Å². The highest BCUT2D eigenvalue weighted by atomic mass is 35.5. The molecule has 1 aliphatic heterocycles. The second-order valence-corrected chi connectivity index (χ2v) is 10.1. The van der Waals surface area contributed by atoms with Crippen molar-refractivity contribution in [3.8, 4) is 6.07 Å². The number of amides is 1. The maximum atomic E-state index is 14.1. The van der Waals surface area contributed by atoms with Crippen LogP contribution >= 0.6 is 46.6 Å². The van der Waals surface area contributed by atoms with Gasteiger partial charge in [-0.05, 0) is 49.2 Å². The smallest absolute Gasteiger partial charge is 0.373 e. The van der Waals surface area contributed by atoms with Crippen molar-refractivity contribution in [1.29, 1.82) is 5.26 Å². The molecule has 2 aromatic rings. The van der Waals surface area contributed by atoms with Gasteiger partial charge in [-0.15, -0.1) is 0 Å². The first-order valence-electron chi connectivity index (χ1n) is 9.46. The zero-order valence-corrected chi connectivity index (χ0v) is 19.6. The van der Waals surface area contributed by atoms with Gasteiger partial charge in [-0.25, -0.2) is 0 Å². The fraction of sp³-hybridized carbons (Fsp3) is 0.286. The van der Waals surface area contributed by atoms with Crippen molar-refractivity contribution >= 4 is 57.5 Å². The third-order valence-electron chi connectivity index (χ3n) is 5.23.